The van der Waals surface area contributed by atoms with Gasteiger partial charge in [-0.2, -0.15) is 0 Å². The highest BCUT2D eigenvalue weighted by Gasteiger charge is 2.34. The number of nitrogens with one attached hydrogen (secondary N) is 1. The molecule has 1 aromatic rings. The van der Waals surface area contributed by atoms with Crippen molar-refractivity contribution in [3.8, 4) is 0 Å². The van der Waals surface area contributed by atoms with E-state index in [-0.39, 0.29) is 30.0 Å². The molecule has 3 atom stereocenters. The molecule has 132 valence electrons. The summed E-state index contributed by atoms with van der Waals surface area (Å²) in [5, 5.41) is 12.3. The monoisotopic (exact) mass is 332 g/mol. The van der Waals surface area contributed by atoms with E-state index in [1.54, 1.807) is 4.90 Å². The van der Waals surface area contributed by atoms with Crippen molar-refractivity contribution in [3.63, 3.8) is 0 Å². The number of aliphatic carboxylic acids is 1. The molecule has 0 aromatic heterocycles. The minimum Gasteiger partial charge on any atom is -0.481 e. The number of carbonyl (C=O) groups excluding carboxylic acids is 1. The predicted molar refractivity (Wildman–Crippen MR) is 93.9 cm³/mol. The molecule has 0 bridgehead atoms. The summed E-state index contributed by atoms with van der Waals surface area (Å²) in [6.07, 6.45) is 0.629. The number of piperidine rings is 1. The van der Waals surface area contributed by atoms with Gasteiger partial charge in [0.25, 0.3) is 0 Å². The maximum atomic E-state index is 12.6. The average Bonchev–Trinajstić information content (AvgIpc) is 2.54. The normalized spacial score (nSPS) is 22.8. The number of benzene rings is 1. The number of nitrogens with zero attached hydrogens (tertiary/aromatic N) is 1. The lowest BCUT2D eigenvalue weighted by atomic mass is 9.78. The fraction of sp³-hybridized carbons (Fsp3) is 0.579. The Morgan fingerprint density at radius 1 is 1.25 bits per heavy atom. The van der Waals surface area contributed by atoms with Crippen LogP contribution in [0.2, 0.25) is 0 Å². The van der Waals surface area contributed by atoms with Crippen molar-refractivity contribution < 1.29 is 14.7 Å². The van der Waals surface area contributed by atoms with Crippen LogP contribution in [-0.4, -0.2) is 41.1 Å². The van der Waals surface area contributed by atoms with Crippen molar-refractivity contribution in [2.45, 2.75) is 45.6 Å². The molecular formula is C19H28N2O3. The molecule has 0 aliphatic carbocycles. The Labute approximate surface area is 144 Å². The summed E-state index contributed by atoms with van der Waals surface area (Å²) in [6.45, 7) is 9.08. The van der Waals surface area contributed by atoms with Gasteiger partial charge in [0, 0.05) is 24.5 Å². The third kappa shape index (κ3) is 4.08. The molecule has 24 heavy (non-hydrogen) atoms. The van der Waals surface area contributed by atoms with Crippen LogP contribution in [0, 0.1) is 11.8 Å². The number of urea groups is 1. The smallest absolute Gasteiger partial charge is 0.317 e. The highest BCUT2D eigenvalue weighted by molar-refractivity contribution is 5.77. The van der Waals surface area contributed by atoms with Gasteiger partial charge >= 0.3 is 12.0 Å². The first-order chi connectivity index (χ1) is 11.2. The number of carbonyl (C=O) groups is 2. The Morgan fingerprint density at radius 3 is 2.46 bits per heavy atom. The highest BCUT2D eigenvalue weighted by Crippen LogP contribution is 2.27. The zero-order valence-corrected chi connectivity index (χ0v) is 15.0. The van der Waals surface area contributed by atoms with E-state index in [0.717, 1.165) is 5.56 Å². The topological polar surface area (TPSA) is 69.6 Å². The molecule has 3 unspecified atom stereocenters. The molecule has 1 aliphatic heterocycles. The largest absolute Gasteiger partial charge is 0.481 e. The summed E-state index contributed by atoms with van der Waals surface area (Å²) in [4.78, 5) is 25.5. The molecule has 5 heteroatoms. The van der Waals surface area contributed by atoms with Crippen molar-refractivity contribution in [2.75, 3.05) is 13.1 Å². The van der Waals surface area contributed by atoms with E-state index in [9.17, 15) is 14.7 Å². The molecule has 0 radical (unpaired) electrons. The molecule has 2 amide bonds. The fourth-order valence-electron chi connectivity index (χ4n) is 3.27. The zero-order chi connectivity index (χ0) is 17.9. The maximum absolute atomic E-state index is 12.6. The molecular weight excluding hydrogens is 304 g/mol. The molecule has 0 saturated carbocycles. The third-order valence-corrected chi connectivity index (χ3v) is 5.24. The number of hydrogen-bond acceptors (Lipinski definition) is 2. The Morgan fingerprint density at radius 2 is 1.88 bits per heavy atom. The molecule has 0 spiro atoms. The second-order valence-electron chi connectivity index (χ2n) is 7.54. The number of likely N-dealkylation sites (tertiary alicyclic amines) is 1. The van der Waals surface area contributed by atoms with E-state index in [1.807, 2.05) is 32.0 Å². The van der Waals surface area contributed by atoms with E-state index >= 15 is 0 Å². The van der Waals surface area contributed by atoms with Crippen LogP contribution in [0.4, 0.5) is 4.79 Å². The van der Waals surface area contributed by atoms with Gasteiger partial charge in [0.15, 0.2) is 0 Å². The van der Waals surface area contributed by atoms with Crippen LogP contribution >= 0.6 is 0 Å². The van der Waals surface area contributed by atoms with Crippen LogP contribution in [0.25, 0.3) is 0 Å². The van der Waals surface area contributed by atoms with E-state index in [4.69, 9.17) is 0 Å². The van der Waals surface area contributed by atoms with Gasteiger partial charge in [-0.15, -0.1) is 0 Å². The van der Waals surface area contributed by atoms with Gasteiger partial charge in [-0.1, -0.05) is 51.1 Å². The second kappa shape index (κ2) is 7.24. The molecule has 2 N–H and O–H groups in total. The first-order valence-corrected chi connectivity index (χ1v) is 8.55. The van der Waals surface area contributed by atoms with Gasteiger partial charge in [-0.05, 0) is 24.8 Å². The van der Waals surface area contributed by atoms with Crippen LogP contribution < -0.4 is 5.32 Å². The molecule has 1 heterocycles. The first-order valence-electron chi connectivity index (χ1n) is 8.55. The molecule has 5 nitrogen and oxygen atoms in total. The van der Waals surface area contributed by atoms with Gasteiger partial charge in [0.2, 0.25) is 0 Å². The lowest BCUT2D eigenvalue weighted by Crippen LogP contribution is -2.54. The summed E-state index contributed by atoms with van der Waals surface area (Å²) < 4.78 is 0. The van der Waals surface area contributed by atoms with Gasteiger partial charge in [-0.3, -0.25) is 4.79 Å². The standard InChI is InChI=1S/C19H28N2O3/c1-13-10-15(17(22)23)12-21(11-13)18(24)20-14(2)19(3,4)16-8-6-5-7-9-16/h5-9,13-15H,10-12H2,1-4H3,(H,20,24)(H,22,23). The van der Waals surface area contributed by atoms with Gasteiger partial charge in [0.05, 0.1) is 5.92 Å². The van der Waals surface area contributed by atoms with Crippen molar-refractivity contribution in [2.24, 2.45) is 11.8 Å². The summed E-state index contributed by atoms with van der Waals surface area (Å²) >= 11 is 0. The maximum Gasteiger partial charge on any atom is 0.317 e. The molecule has 1 aromatic carbocycles. The molecule has 1 saturated heterocycles. The highest BCUT2D eigenvalue weighted by atomic mass is 16.4. The predicted octanol–water partition coefficient (Wildman–Crippen LogP) is 3.10. The van der Waals surface area contributed by atoms with E-state index < -0.39 is 11.9 Å². The van der Waals surface area contributed by atoms with Gasteiger partial charge in [-0.25, -0.2) is 4.79 Å². The van der Waals surface area contributed by atoms with Crippen LogP contribution in [0.15, 0.2) is 30.3 Å². The number of hydrogen-bond donors (Lipinski definition) is 2. The number of rotatable bonds is 4. The molecule has 2 rings (SSSR count). The lowest BCUT2D eigenvalue weighted by Gasteiger charge is -2.38. The minimum absolute atomic E-state index is 0.0760. The SMILES string of the molecule is CC1CC(C(=O)O)CN(C(=O)NC(C)C(C)(C)c2ccccc2)C1. The third-order valence-electron chi connectivity index (χ3n) is 5.24. The van der Waals surface area contributed by atoms with Crippen molar-refractivity contribution in [3.05, 3.63) is 35.9 Å². The molecule has 1 aliphatic rings. The van der Waals surface area contributed by atoms with E-state index in [2.05, 4.69) is 31.3 Å². The van der Waals surface area contributed by atoms with Crippen LogP contribution in [0.1, 0.15) is 39.7 Å². The van der Waals surface area contributed by atoms with Crippen molar-refractivity contribution >= 4 is 12.0 Å². The average molecular weight is 332 g/mol. The number of carboxylic acids is 1. The quantitative estimate of drug-likeness (QED) is 0.890. The Bertz CT molecular complexity index is 586. The van der Waals surface area contributed by atoms with Crippen molar-refractivity contribution in [1.29, 1.82) is 0 Å². The van der Waals surface area contributed by atoms with Crippen LogP contribution in [0.3, 0.4) is 0 Å². The van der Waals surface area contributed by atoms with Crippen LogP contribution in [-0.2, 0) is 10.2 Å². The number of carboxylic acid groups (broad SMARTS) is 1. The van der Waals surface area contributed by atoms with Gasteiger partial charge in [0.1, 0.15) is 0 Å². The number of amides is 2. The molecule has 1 fully saturated rings. The Kier molecular flexibility index (Phi) is 5.52. The Balaban J connectivity index is 2.04. The summed E-state index contributed by atoms with van der Waals surface area (Å²) in [6, 6.07) is 9.84. The fourth-order valence-corrected chi connectivity index (χ4v) is 3.27. The second-order valence-corrected chi connectivity index (χ2v) is 7.54. The summed E-state index contributed by atoms with van der Waals surface area (Å²) in [7, 11) is 0. The van der Waals surface area contributed by atoms with Crippen molar-refractivity contribution in [1.82, 2.24) is 10.2 Å². The minimum atomic E-state index is -0.822. The van der Waals surface area contributed by atoms with Gasteiger partial charge < -0.3 is 15.3 Å². The van der Waals surface area contributed by atoms with Crippen LogP contribution in [0.5, 0.6) is 0 Å². The van der Waals surface area contributed by atoms with E-state index in [0.29, 0.717) is 13.0 Å². The van der Waals surface area contributed by atoms with E-state index in [1.165, 1.54) is 0 Å². The summed E-state index contributed by atoms with van der Waals surface area (Å²) in [5.41, 5.74) is 0.943. The summed E-state index contributed by atoms with van der Waals surface area (Å²) in [5.74, 6) is -1.10. The lowest BCUT2D eigenvalue weighted by molar-refractivity contribution is -0.143. The zero-order valence-electron chi connectivity index (χ0n) is 15.0. The first kappa shape index (κ1) is 18.3. The Hall–Kier alpha value is -2.04.